The summed E-state index contributed by atoms with van der Waals surface area (Å²) in [7, 11) is 0. The van der Waals surface area contributed by atoms with Gasteiger partial charge in [0.1, 0.15) is 0 Å². The third kappa shape index (κ3) is 3.34. The molecule has 1 aromatic heterocycles. The van der Waals surface area contributed by atoms with E-state index < -0.39 is 5.97 Å². The quantitative estimate of drug-likeness (QED) is 0.871. The molecule has 0 amide bonds. The first-order valence-electron chi connectivity index (χ1n) is 6.89. The molecule has 1 aliphatic rings. The third-order valence-corrected chi connectivity index (χ3v) is 4.91. The number of nitrogens with one attached hydrogen (secondary N) is 1. The van der Waals surface area contributed by atoms with Crippen molar-refractivity contribution in [2.24, 2.45) is 11.8 Å². The molecule has 0 radical (unpaired) electrons. The van der Waals surface area contributed by atoms with Crippen molar-refractivity contribution in [1.82, 2.24) is 10.3 Å². The Balaban J connectivity index is 1.91. The molecule has 19 heavy (non-hydrogen) atoms. The highest BCUT2D eigenvalue weighted by Gasteiger charge is 2.32. The average Bonchev–Trinajstić information content (AvgIpc) is 2.92. The van der Waals surface area contributed by atoms with Crippen molar-refractivity contribution >= 4 is 17.3 Å². The SMILES string of the molecule is Cc1nc(C(C)NCC2CCCC2C(=O)O)c(C)s1. The van der Waals surface area contributed by atoms with Gasteiger partial charge in [0.25, 0.3) is 0 Å². The zero-order valence-electron chi connectivity index (χ0n) is 11.8. The highest BCUT2D eigenvalue weighted by Crippen LogP contribution is 2.32. The topological polar surface area (TPSA) is 62.2 Å². The number of rotatable bonds is 5. The van der Waals surface area contributed by atoms with Crippen molar-refractivity contribution in [1.29, 1.82) is 0 Å². The van der Waals surface area contributed by atoms with Crippen LogP contribution in [0.2, 0.25) is 0 Å². The number of hydrogen-bond acceptors (Lipinski definition) is 4. The Bertz CT molecular complexity index is 458. The first-order chi connectivity index (χ1) is 8.99. The number of hydrogen-bond donors (Lipinski definition) is 2. The van der Waals surface area contributed by atoms with Crippen LogP contribution >= 0.6 is 11.3 Å². The maximum atomic E-state index is 11.1. The van der Waals surface area contributed by atoms with Crippen molar-refractivity contribution in [3.05, 3.63) is 15.6 Å². The normalized spacial score (nSPS) is 24.6. The van der Waals surface area contributed by atoms with E-state index in [1.165, 1.54) is 4.88 Å². The van der Waals surface area contributed by atoms with Gasteiger partial charge in [0.2, 0.25) is 0 Å². The summed E-state index contributed by atoms with van der Waals surface area (Å²) >= 11 is 1.72. The van der Waals surface area contributed by atoms with Gasteiger partial charge in [-0.3, -0.25) is 4.79 Å². The number of carboxylic acids is 1. The van der Waals surface area contributed by atoms with Crippen LogP contribution in [-0.4, -0.2) is 22.6 Å². The zero-order valence-corrected chi connectivity index (χ0v) is 12.6. The Kier molecular flexibility index (Phi) is 4.58. The van der Waals surface area contributed by atoms with Crippen molar-refractivity contribution in [2.45, 2.75) is 46.1 Å². The summed E-state index contributed by atoms with van der Waals surface area (Å²) in [5.74, 6) is -0.546. The molecule has 4 nitrogen and oxygen atoms in total. The Labute approximate surface area is 118 Å². The number of thiazole rings is 1. The van der Waals surface area contributed by atoms with E-state index in [9.17, 15) is 9.90 Å². The van der Waals surface area contributed by atoms with Gasteiger partial charge in [0, 0.05) is 10.9 Å². The molecule has 0 spiro atoms. The van der Waals surface area contributed by atoms with Crippen LogP contribution in [0.4, 0.5) is 0 Å². The molecule has 0 aliphatic heterocycles. The summed E-state index contributed by atoms with van der Waals surface area (Å²) in [5, 5.41) is 13.7. The fourth-order valence-corrected chi connectivity index (χ4v) is 3.89. The molecule has 3 atom stereocenters. The minimum Gasteiger partial charge on any atom is -0.481 e. The zero-order chi connectivity index (χ0) is 14.0. The number of aliphatic carboxylic acids is 1. The van der Waals surface area contributed by atoms with Crippen LogP contribution in [0.3, 0.4) is 0 Å². The standard InChI is InChI=1S/C14H22N2O2S/c1-8(13-9(2)19-10(3)16-13)15-7-11-5-4-6-12(11)14(17)18/h8,11-12,15H,4-7H2,1-3H3,(H,17,18). The van der Waals surface area contributed by atoms with E-state index in [2.05, 4.69) is 24.1 Å². The van der Waals surface area contributed by atoms with Crippen molar-refractivity contribution < 1.29 is 9.90 Å². The molecule has 1 fully saturated rings. The van der Waals surface area contributed by atoms with Crippen LogP contribution in [0.1, 0.15) is 47.8 Å². The lowest BCUT2D eigenvalue weighted by molar-refractivity contribution is -0.142. The van der Waals surface area contributed by atoms with Crippen LogP contribution in [0.15, 0.2) is 0 Å². The third-order valence-electron chi connectivity index (χ3n) is 4.01. The Morgan fingerprint density at radius 1 is 1.53 bits per heavy atom. The molecular weight excluding hydrogens is 260 g/mol. The van der Waals surface area contributed by atoms with Gasteiger partial charge >= 0.3 is 5.97 Å². The van der Waals surface area contributed by atoms with Crippen molar-refractivity contribution in [2.75, 3.05) is 6.54 Å². The van der Waals surface area contributed by atoms with Gasteiger partial charge < -0.3 is 10.4 Å². The number of nitrogens with zero attached hydrogens (tertiary/aromatic N) is 1. The fourth-order valence-electron chi connectivity index (χ4n) is 2.98. The molecular formula is C14H22N2O2S. The summed E-state index contributed by atoms with van der Waals surface area (Å²) in [5.41, 5.74) is 1.10. The van der Waals surface area contributed by atoms with Crippen molar-refractivity contribution in [3.8, 4) is 0 Å². The van der Waals surface area contributed by atoms with Gasteiger partial charge in [-0.1, -0.05) is 6.42 Å². The van der Waals surface area contributed by atoms with E-state index in [-0.39, 0.29) is 17.9 Å². The Hall–Kier alpha value is -0.940. The molecule has 0 aromatic carbocycles. The lowest BCUT2D eigenvalue weighted by atomic mass is 9.96. The second-order valence-electron chi connectivity index (χ2n) is 5.44. The molecule has 106 valence electrons. The van der Waals surface area contributed by atoms with Gasteiger partial charge in [-0.15, -0.1) is 11.3 Å². The summed E-state index contributed by atoms with van der Waals surface area (Å²) in [6, 6.07) is 0.194. The Morgan fingerprint density at radius 2 is 2.26 bits per heavy atom. The molecule has 1 aromatic rings. The van der Waals surface area contributed by atoms with Crippen LogP contribution < -0.4 is 5.32 Å². The first-order valence-corrected chi connectivity index (χ1v) is 7.70. The predicted molar refractivity (Wildman–Crippen MR) is 76.5 cm³/mol. The maximum Gasteiger partial charge on any atom is 0.306 e. The summed E-state index contributed by atoms with van der Waals surface area (Å²) in [6.45, 7) is 6.99. The number of carbonyl (C=O) groups is 1. The lowest BCUT2D eigenvalue weighted by Gasteiger charge is -2.19. The number of aryl methyl sites for hydroxylation is 2. The Morgan fingerprint density at radius 3 is 2.84 bits per heavy atom. The summed E-state index contributed by atoms with van der Waals surface area (Å²) in [6.07, 6.45) is 2.88. The van der Waals surface area contributed by atoms with Gasteiger partial charge in [0.05, 0.1) is 16.6 Å². The largest absolute Gasteiger partial charge is 0.481 e. The average molecular weight is 282 g/mol. The minimum absolute atomic E-state index is 0.169. The molecule has 2 rings (SSSR count). The van der Waals surface area contributed by atoms with Gasteiger partial charge in [-0.25, -0.2) is 4.98 Å². The van der Waals surface area contributed by atoms with E-state index >= 15 is 0 Å². The van der Waals surface area contributed by atoms with E-state index in [4.69, 9.17) is 0 Å². The van der Waals surface area contributed by atoms with E-state index in [0.29, 0.717) is 0 Å². The predicted octanol–water partition coefficient (Wildman–Crippen LogP) is 2.91. The molecule has 1 aliphatic carbocycles. The number of aromatic nitrogens is 1. The van der Waals surface area contributed by atoms with Gasteiger partial charge in [-0.05, 0) is 46.1 Å². The van der Waals surface area contributed by atoms with Gasteiger partial charge in [-0.2, -0.15) is 0 Å². The molecule has 2 N–H and O–H groups in total. The second kappa shape index (κ2) is 6.01. The van der Waals surface area contributed by atoms with Gasteiger partial charge in [0.15, 0.2) is 0 Å². The van der Waals surface area contributed by atoms with E-state index in [1.807, 2.05) is 6.92 Å². The van der Waals surface area contributed by atoms with Crippen LogP contribution in [0.5, 0.6) is 0 Å². The molecule has 0 saturated heterocycles. The second-order valence-corrected chi connectivity index (χ2v) is 6.85. The molecule has 3 unspecified atom stereocenters. The van der Waals surface area contributed by atoms with Crippen LogP contribution in [-0.2, 0) is 4.79 Å². The molecule has 1 heterocycles. The van der Waals surface area contributed by atoms with E-state index in [0.717, 1.165) is 36.5 Å². The first kappa shape index (κ1) is 14.5. The molecule has 5 heteroatoms. The fraction of sp³-hybridized carbons (Fsp3) is 0.714. The maximum absolute atomic E-state index is 11.1. The summed E-state index contributed by atoms with van der Waals surface area (Å²) < 4.78 is 0. The summed E-state index contributed by atoms with van der Waals surface area (Å²) in [4.78, 5) is 16.9. The van der Waals surface area contributed by atoms with Crippen LogP contribution in [0.25, 0.3) is 0 Å². The van der Waals surface area contributed by atoms with Crippen LogP contribution in [0, 0.1) is 25.7 Å². The molecule has 0 bridgehead atoms. The highest BCUT2D eigenvalue weighted by atomic mass is 32.1. The smallest absolute Gasteiger partial charge is 0.306 e. The number of carboxylic acid groups (broad SMARTS) is 1. The monoisotopic (exact) mass is 282 g/mol. The lowest BCUT2D eigenvalue weighted by Crippen LogP contribution is -2.31. The van der Waals surface area contributed by atoms with E-state index in [1.54, 1.807) is 11.3 Å². The minimum atomic E-state index is -0.641. The van der Waals surface area contributed by atoms with Crippen molar-refractivity contribution in [3.63, 3.8) is 0 Å². The highest BCUT2D eigenvalue weighted by molar-refractivity contribution is 7.11. The molecule has 1 saturated carbocycles.